The van der Waals surface area contributed by atoms with Gasteiger partial charge < -0.3 is 15.1 Å². The van der Waals surface area contributed by atoms with Gasteiger partial charge in [-0.2, -0.15) is 0 Å². The maximum absolute atomic E-state index is 12.2. The fourth-order valence-electron chi connectivity index (χ4n) is 3.59. The van der Waals surface area contributed by atoms with Gasteiger partial charge in [0, 0.05) is 37.4 Å². The van der Waals surface area contributed by atoms with Crippen molar-refractivity contribution in [1.82, 2.24) is 20.1 Å². The molecule has 0 atom stereocenters. The lowest BCUT2D eigenvalue weighted by Gasteiger charge is -2.39. The molecule has 132 valence electrons. The van der Waals surface area contributed by atoms with E-state index in [4.69, 9.17) is 0 Å². The minimum atomic E-state index is 0.0931. The van der Waals surface area contributed by atoms with Crippen molar-refractivity contribution in [2.45, 2.75) is 38.5 Å². The first-order valence-electron chi connectivity index (χ1n) is 9.42. The van der Waals surface area contributed by atoms with Crippen LogP contribution in [-0.4, -0.2) is 60.1 Å². The zero-order chi connectivity index (χ0) is 16.8. The highest BCUT2D eigenvalue weighted by atomic mass is 16.2. The monoisotopic (exact) mass is 330 g/mol. The van der Waals surface area contributed by atoms with Gasteiger partial charge >= 0.3 is 6.03 Å². The molecule has 3 rings (SSSR count). The summed E-state index contributed by atoms with van der Waals surface area (Å²) in [6.45, 7) is 8.26. The highest BCUT2D eigenvalue weighted by Crippen LogP contribution is 2.25. The summed E-state index contributed by atoms with van der Waals surface area (Å²) in [5.74, 6) is 1.04. The molecule has 2 saturated heterocycles. The number of amides is 2. The van der Waals surface area contributed by atoms with Gasteiger partial charge in [0.1, 0.15) is 0 Å². The molecule has 2 amide bonds. The molecule has 5 nitrogen and oxygen atoms in total. The van der Waals surface area contributed by atoms with E-state index in [-0.39, 0.29) is 6.03 Å². The van der Waals surface area contributed by atoms with Crippen LogP contribution in [0.3, 0.4) is 0 Å². The van der Waals surface area contributed by atoms with Gasteiger partial charge in [-0.3, -0.25) is 4.98 Å². The van der Waals surface area contributed by atoms with E-state index in [1.165, 1.54) is 45.3 Å². The van der Waals surface area contributed by atoms with Crippen LogP contribution in [0.1, 0.15) is 44.2 Å². The Morgan fingerprint density at radius 1 is 1.29 bits per heavy atom. The molecule has 0 bridgehead atoms. The van der Waals surface area contributed by atoms with E-state index in [1.807, 2.05) is 29.3 Å². The lowest BCUT2D eigenvalue weighted by molar-refractivity contribution is 0.143. The summed E-state index contributed by atoms with van der Waals surface area (Å²) >= 11 is 0. The Labute approximate surface area is 145 Å². The largest absolute Gasteiger partial charge is 0.338 e. The van der Waals surface area contributed by atoms with Crippen molar-refractivity contribution in [2.75, 3.05) is 39.3 Å². The first kappa shape index (κ1) is 17.2. The van der Waals surface area contributed by atoms with Crippen LogP contribution in [0.5, 0.6) is 0 Å². The van der Waals surface area contributed by atoms with Gasteiger partial charge in [-0.05, 0) is 56.9 Å². The van der Waals surface area contributed by atoms with Gasteiger partial charge in [0.25, 0.3) is 0 Å². The maximum Gasteiger partial charge on any atom is 0.317 e. The van der Waals surface area contributed by atoms with Crippen molar-refractivity contribution in [1.29, 1.82) is 0 Å². The molecule has 2 aliphatic heterocycles. The molecular formula is C19H30N4O. The van der Waals surface area contributed by atoms with Gasteiger partial charge in [-0.1, -0.05) is 19.4 Å². The Morgan fingerprint density at radius 2 is 2.08 bits per heavy atom. The van der Waals surface area contributed by atoms with Crippen molar-refractivity contribution >= 4 is 6.03 Å². The first-order chi connectivity index (χ1) is 11.8. The van der Waals surface area contributed by atoms with Crippen molar-refractivity contribution in [3.05, 3.63) is 30.1 Å². The van der Waals surface area contributed by atoms with Crippen molar-refractivity contribution in [3.63, 3.8) is 0 Å². The van der Waals surface area contributed by atoms with Crippen LogP contribution in [0.25, 0.3) is 0 Å². The van der Waals surface area contributed by atoms with Gasteiger partial charge in [-0.15, -0.1) is 0 Å². The van der Waals surface area contributed by atoms with Crippen LogP contribution in [-0.2, 0) is 0 Å². The van der Waals surface area contributed by atoms with Crippen LogP contribution >= 0.6 is 0 Å². The molecule has 0 aromatic carbocycles. The summed E-state index contributed by atoms with van der Waals surface area (Å²) in [4.78, 5) is 21.1. The Hall–Kier alpha value is -1.62. The molecule has 5 heteroatoms. The number of piperidine rings is 1. The molecule has 2 fully saturated rings. The Morgan fingerprint density at radius 3 is 2.75 bits per heavy atom. The number of pyridine rings is 1. The van der Waals surface area contributed by atoms with Crippen LogP contribution in [0.2, 0.25) is 0 Å². The minimum absolute atomic E-state index is 0.0931. The number of nitrogens with one attached hydrogen (secondary N) is 1. The highest BCUT2D eigenvalue weighted by molar-refractivity contribution is 5.75. The number of aromatic nitrogens is 1. The third-order valence-corrected chi connectivity index (χ3v) is 5.35. The summed E-state index contributed by atoms with van der Waals surface area (Å²) in [5, 5.41) is 3.13. The summed E-state index contributed by atoms with van der Waals surface area (Å²) in [7, 11) is 0. The standard InChI is InChI=1S/C19H30N4O/c1-2-3-10-22-11-7-16(8-12-22)13-21-19(24)23-14-17(15-23)18-6-4-5-9-20-18/h4-6,9,16-17H,2-3,7-8,10-15H2,1H3,(H,21,24). The van der Waals surface area contributed by atoms with E-state index in [0.29, 0.717) is 11.8 Å². The third-order valence-electron chi connectivity index (χ3n) is 5.35. The molecule has 1 N–H and O–H groups in total. The number of nitrogens with zero attached hydrogens (tertiary/aromatic N) is 3. The van der Waals surface area contributed by atoms with Crippen LogP contribution in [0, 0.1) is 5.92 Å². The number of unbranched alkanes of at least 4 members (excludes halogenated alkanes) is 1. The van der Waals surface area contributed by atoms with Crippen molar-refractivity contribution in [3.8, 4) is 0 Å². The second kappa shape index (κ2) is 8.47. The van der Waals surface area contributed by atoms with E-state index in [2.05, 4.69) is 22.1 Å². The lowest BCUT2D eigenvalue weighted by atomic mass is 9.95. The molecule has 3 heterocycles. The van der Waals surface area contributed by atoms with Gasteiger partial charge in [0.15, 0.2) is 0 Å². The van der Waals surface area contributed by atoms with E-state index < -0.39 is 0 Å². The highest BCUT2D eigenvalue weighted by Gasteiger charge is 2.32. The predicted molar refractivity (Wildman–Crippen MR) is 96.0 cm³/mol. The minimum Gasteiger partial charge on any atom is -0.338 e. The summed E-state index contributed by atoms with van der Waals surface area (Å²) in [5.41, 5.74) is 1.10. The molecular weight excluding hydrogens is 300 g/mol. The number of hydrogen-bond donors (Lipinski definition) is 1. The van der Waals surface area contributed by atoms with Crippen molar-refractivity contribution in [2.24, 2.45) is 5.92 Å². The Balaban J connectivity index is 1.31. The Bertz CT molecular complexity index is 507. The van der Waals surface area contributed by atoms with Crippen molar-refractivity contribution < 1.29 is 4.79 Å². The first-order valence-corrected chi connectivity index (χ1v) is 9.42. The molecule has 1 aromatic rings. The normalized spacial score (nSPS) is 20.0. The maximum atomic E-state index is 12.2. The smallest absolute Gasteiger partial charge is 0.317 e. The number of carbonyl (C=O) groups excluding carboxylic acids is 1. The Kier molecular flexibility index (Phi) is 6.07. The zero-order valence-corrected chi connectivity index (χ0v) is 14.8. The van der Waals surface area contributed by atoms with E-state index >= 15 is 0 Å². The number of rotatable bonds is 6. The summed E-state index contributed by atoms with van der Waals surface area (Å²) in [6, 6.07) is 6.08. The second-order valence-corrected chi connectivity index (χ2v) is 7.18. The summed E-state index contributed by atoms with van der Waals surface area (Å²) < 4.78 is 0. The molecule has 0 spiro atoms. The van der Waals surface area contributed by atoms with E-state index in [1.54, 1.807) is 0 Å². The molecule has 1 aromatic heterocycles. The van der Waals surface area contributed by atoms with Gasteiger partial charge in [0.2, 0.25) is 0 Å². The molecule has 24 heavy (non-hydrogen) atoms. The van der Waals surface area contributed by atoms with Crippen LogP contribution < -0.4 is 5.32 Å². The van der Waals surface area contributed by atoms with Crippen LogP contribution in [0.15, 0.2) is 24.4 Å². The predicted octanol–water partition coefficient (Wildman–Crippen LogP) is 2.70. The fourth-order valence-corrected chi connectivity index (χ4v) is 3.59. The van der Waals surface area contributed by atoms with E-state index in [9.17, 15) is 4.79 Å². The average Bonchev–Trinajstić information content (AvgIpc) is 2.59. The molecule has 2 aliphatic rings. The number of likely N-dealkylation sites (tertiary alicyclic amines) is 2. The topological polar surface area (TPSA) is 48.5 Å². The third kappa shape index (κ3) is 4.47. The number of carbonyl (C=O) groups is 1. The lowest BCUT2D eigenvalue weighted by Crippen LogP contribution is -2.53. The zero-order valence-electron chi connectivity index (χ0n) is 14.8. The van der Waals surface area contributed by atoms with Crippen LogP contribution in [0.4, 0.5) is 4.79 Å². The van der Waals surface area contributed by atoms with E-state index in [0.717, 1.165) is 25.3 Å². The second-order valence-electron chi connectivity index (χ2n) is 7.18. The average molecular weight is 330 g/mol. The number of urea groups is 1. The quantitative estimate of drug-likeness (QED) is 0.872. The molecule has 0 aliphatic carbocycles. The number of hydrogen-bond acceptors (Lipinski definition) is 3. The molecule has 0 radical (unpaired) electrons. The SMILES string of the molecule is CCCCN1CCC(CNC(=O)N2CC(c3ccccn3)C2)CC1. The fraction of sp³-hybridized carbons (Fsp3) is 0.684. The molecule has 0 unspecified atom stereocenters. The van der Waals surface area contributed by atoms with Gasteiger partial charge in [0.05, 0.1) is 0 Å². The summed E-state index contributed by atoms with van der Waals surface area (Å²) in [6.07, 6.45) is 6.81. The van der Waals surface area contributed by atoms with Gasteiger partial charge in [-0.25, -0.2) is 4.79 Å². The molecule has 0 saturated carbocycles.